The Morgan fingerprint density at radius 1 is 1.35 bits per heavy atom. The molecule has 8 heteroatoms. The van der Waals surface area contributed by atoms with Gasteiger partial charge in [0.15, 0.2) is 0 Å². The fraction of sp³-hybridized carbons (Fsp3) is 0.167. The third-order valence-corrected chi connectivity index (χ3v) is 7.16. The van der Waals surface area contributed by atoms with Gasteiger partial charge in [0.2, 0.25) is 0 Å². The zero-order chi connectivity index (χ0) is 14.3. The number of ether oxygens (including phenoxy) is 1. The second-order valence-corrected chi connectivity index (χ2v) is 8.90. The number of halogens is 2. The van der Waals surface area contributed by atoms with Gasteiger partial charge in [-0.1, -0.05) is 11.6 Å². The third kappa shape index (κ3) is 2.67. The van der Waals surface area contributed by atoms with Gasteiger partial charge < -0.3 is 4.74 Å². The van der Waals surface area contributed by atoms with Gasteiger partial charge in [-0.15, -0.1) is 11.3 Å². The fourth-order valence-electron chi connectivity index (χ4n) is 1.91. The lowest BCUT2D eigenvalue weighted by atomic mass is 10.1. The summed E-state index contributed by atoms with van der Waals surface area (Å²) in [6, 6.07) is 6.68. The van der Waals surface area contributed by atoms with Crippen LogP contribution in [0.1, 0.15) is 5.56 Å². The molecule has 1 N–H and O–H groups in total. The molecule has 1 aromatic heterocycles. The second-order valence-electron chi connectivity index (χ2n) is 4.21. The molecule has 2 aromatic rings. The number of thiophene rings is 1. The Morgan fingerprint density at radius 3 is 2.85 bits per heavy atom. The van der Waals surface area contributed by atoms with E-state index in [1.54, 1.807) is 18.2 Å². The number of benzene rings is 1. The number of hydrogen-bond acceptors (Lipinski definition) is 4. The topological polar surface area (TPSA) is 55.4 Å². The molecule has 0 amide bonds. The lowest BCUT2D eigenvalue weighted by Gasteiger charge is -2.07. The van der Waals surface area contributed by atoms with E-state index in [0.717, 1.165) is 29.1 Å². The molecular formula is C12H9BrClNO3S2. The molecule has 1 aliphatic heterocycles. The highest BCUT2D eigenvalue weighted by molar-refractivity contribution is 9.11. The second kappa shape index (κ2) is 5.22. The van der Waals surface area contributed by atoms with Crippen LogP contribution in [0.5, 0.6) is 5.75 Å². The Morgan fingerprint density at radius 2 is 2.15 bits per heavy atom. The van der Waals surface area contributed by atoms with Crippen LogP contribution in [0.3, 0.4) is 0 Å². The van der Waals surface area contributed by atoms with Crippen molar-refractivity contribution in [2.75, 3.05) is 11.3 Å². The first-order valence-electron chi connectivity index (χ1n) is 5.69. The average molecular weight is 395 g/mol. The molecule has 1 aromatic carbocycles. The van der Waals surface area contributed by atoms with Crippen molar-refractivity contribution in [3.63, 3.8) is 0 Å². The molecule has 0 unspecified atom stereocenters. The van der Waals surface area contributed by atoms with Crippen molar-refractivity contribution >= 4 is 54.6 Å². The van der Waals surface area contributed by atoms with E-state index < -0.39 is 10.0 Å². The van der Waals surface area contributed by atoms with Crippen LogP contribution in [0.2, 0.25) is 5.02 Å². The van der Waals surface area contributed by atoms with E-state index in [-0.39, 0.29) is 4.21 Å². The molecule has 0 spiro atoms. The summed E-state index contributed by atoms with van der Waals surface area (Å²) < 4.78 is 33.2. The standard InChI is InChI=1S/C12H9BrClNO3S2/c13-12-9(14)6-11(19-12)20(16,17)15-8-1-2-10-7(5-8)3-4-18-10/h1-2,5-6,15H,3-4H2. The quantitative estimate of drug-likeness (QED) is 0.859. The first-order chi connectivity index (χ1) is 9.45. The van der Waals surface area contributed by atoms with Gasteiger partial charge >= 0.3 is 0 Å². The minimum absolute atomic E-state index is 0.172. The van der Waals surface area contributed by atoms with E-state index >= 15 is 0 Å². The monoisotopic (exact) mass is 393 g/mol. The normalized spacial score (nSPS) is 13.9. The van der Waals surface area contributed by atoms with Crippen LogP contribution < -0.4 is 9.46 Å². The van der Waals surface area contributed by atoms with Gasteiger partial charge in [0, 0.05) is 12.1 Å². The highest BCUT2D eigenvalue weighted by Crippen LogP contribution is 2.36. The first kappa shape index (κ1) is 14.2. The van der Waals surface area contributed by atoms with Crippen molar-refractivity contribution in [3.05, 3.63) is 38.6 Å². The maximum atomic E-state index is 12.3. The van der Waals surface area contributed by atoms with Crippen LogP contribution in [0, 0.1) is 0 Å². The van der Waals surface area contributed by atoms with Crippen LogP contribution >= 0.6 is 38.9 Å². The van der Waals surface area contributed by atoms with E-state index in [1.165, 1.54) is 6.07 Å². The average Bonchev–Trinajstić information content (AvgIpc) is 2.96. The van der Waals surface area contributed by atoms with Crippen molar-refractivity contribution in [1.82, 2.24) is 0 Å². The van der Waals surface area contributed by atoms with Gasteiger partial charge in [0.25, 0.3) is 10.0 Å². The third-order valence-electron chi connectivity index (χ3n) is 2.83. The van der Waals surface area contributed by atoms with E-state index in [1.807, 2.05) is 0 Å². The molecule has 2 heterocycles. The number of hydrogen-bond donors (Lipinski definition) is 1. The maximum Gasteiger partial charge on any atom is 0.271 e. The Kier molecular flexibility index (Phi) is 3.70. The van der Waals surface area contributed by atoms with Gasteiger partial charge in [-0.2, -0.15) is 0 Å². The zero-order valence-electron chi connectivity index (χ0n) is 10.0. The number of anilines is 1. The molecule has 0 fully saturated rings. The molecule has 3 rings (SSSR count). The Labute approximate surface area is 133 Å². The molecule has 0 aliphatic carbocycles. The molecule has 0 atom stereocenters. The van der Waals surface area contributed by atoms with Crippen molar-refractivity contribution in [3.8, 4) is 5.75 Å². The van der Waals surface area contributed by atoms with Crippen molar-refractivity contribution in [1.29, 1.82) is 0 Å². The van der Waals surface area contributed by atoms with E-state index in [0.29, 0.717) is 21.1 Å². The number of fused-ring (bicyclic) bond motifs is 1. The summed E-state index contributed by atoms with van der Waals surface area (Å²) in [7, 11) is -3.62. The molecule has 0 saturated carbocycles. The van der Waals surface area contributed by atoms with Crippen LogP contribution in [0.25, 0.3) is 0 Å². The van der Waals surface area contributed by atoms with Gasteiger partial charge in [0.1, 0.15) is 9.96 Å². The fourth-order valence-corrected chi connectivity index (χ4v) is 5.36. The Hall–Kier alpha value is -0.760. The zero-order valence-corrected chi connectivity index (χ0v) is 14.0. The molecular weight excluding hydrogens is 386 g/mol. The van der Waals surface area contributed by atoms with Crippen LogP contribution in [0.15, 0.2) is 32.3 Å². The Balaban J connectivity index is 1.90. The molecule has 0 bridgehead atoms. The van der Waals surface area contributed by atoms with E-state index in [9.17, 15) is 8.42 Å². The summed E-state index contributed by atoms with van der Waals surface area (Å²) in [5.41, 5.74) is 1.53. The first-order valence-corrected chi connectivity index (χ1v) is 9.16. The summed E-state index contributed by atoms with van der Waals surface area (Å²) in [6.07, 6.45) is 0.793. The van der Waals surface area contributed by atoms with E-state index in [4.69, 9.17) is 16.3 Å². The molecule has 4 nitrogen and oxygen atoms in total. The summed E-state index contributed by atoms with van der Waals surface area (Å²) in [5, 5.41) is 0.387. The van der Waals surface area contributed by atoms with Crippen LogP contribution in [0.4, 0.5) is 5.69 Å². The largest absolute Gasteiger partial charge is 0.493 e. The highest BCUT2D eigenvalue weighted by Gasteiger charge is 2.20. The molecule has 106 valence electrons. The molecule has 0 radical (unpaired) electrons. The van der Waals surface area contributed by atoms with Crippen molar-refractivity contribution in [2.45, 2.75) is 10.6 Å². The molecule has 0 saturated heterocycles. The van der Waals surface area contributed by atoms with E-state index in [2.05, 4.69) is 20.7 Å². The Bertz CT molecular complexity index is 754. The summed E-state index contributed by atoms with van der Waals surface area (Å²) in [4.78, 5) is 0. The van der Waals surface area contributed by atoms with Crippen LogP contribution in [-0.4, -0.2) is 15.0 Å². The van der Waals surface area contributed by atoms with Gasteiger partial charge in [-0.25, -0.2) is 8.42 Å². The van der Waals surface area contributed by atoms with Crippen molar-refractivity contribution in [2.24, 2.45) is 0 Å². The molecule has 1 aliphatic rings. The lowest BCUT2D eigenvalue weighted by molar-refractivity contribution is 0.357. The lowest BCUT2D eigenvalue weighted by Crippen LogP contribution is -2.11. The number of rotatable bonds is 3. The number of sulfonamides is 1. The van der Waals surface area contributed by atoms with Crippen LogP contribution in [-0.2, 0) is 16.4 Å². The minimum Gasteiger partial charge on any atom is -0.493 e. The van der Waals surface area contributed by atoms with Crippen molar-refractivity contribution < 1.29 is 13.2 Å². The highest BCUT2D eigenvalue weighted by atomic mass is 79.9. The predicted molar refractivity (Wildman–Crippen MR) is 83.5 cm³/mol. The minimum atomic E-state index is -3.62. The summed E-state index contributed by atoms with van der Waals surface area (Å²) in [5.74, 6) is 0.815. The van der Waals surface area contributed by atoms with Gasteiger partial charge in [0.05, 0.1) is 15.4 Å². The van der Waals surface area contributed by atoms with Gasteiger partial charge in [-0.05, 0) is 45.8 Å². The number of nitrogens with one attached hydrogen (secondary N) is 1. The molecule has 20 heavy (non-hydrogen) atoms. The summed E-state index contributed by atoms with van der Waals surface area (Å²) >= 11 is 10.2. The van der Waals surface area contributed by atoms with Gasteiger partial charge in [-0.3, -0.25) is 4.72 Å². The SMILES string of the molecule is O=S(=O)(Nc1ccc2c(c1)CCO2)c1cc(Cl)c(Br)s1. The summed E-state index contributed by atoms with van der Waals surface area (Å²) in [6.45, 7) is 0.638. The maximum absolute atomic E-state index is 12.3. The smallest absolute Gasteiger partial charge is 0.271 e. The predicted octanol–water partition coefficient (Wildman–Crippen LogP) is 3.90.